The van der Waals surface area contributed by atoms with Gasteiger partial charge in [0.25, 0.3) is 0 Å². The van der Waals surface area contributed by atoms with Gasteiger partial charge in [0.05, 0.1) is 0 Å². The third-order valence-electron chi connectivity index (χ3n) is 4.76. The Morgan fingerprint density at radius 2 is 1.84 bits per heavy atom. The first-order valence-corrected chi connectivity index (χ1v) is 8.66. The van der Waals surface area contributed by atoms with E-state index in [1.807, 2.05) is 36.4 Å². The Morgan fingerprint density at radius 3 is 2.64 bits per heavy atom. The van der Waals surface area contributed by atoms with Gasteiger partial charge in [-0.25, -0.2) is 4.79 Å². The van der Waals surface area contributed by atoms with Crippen molar-refractivity contribution in [2.45, 2.75) is 25.9 Å². The van der Waals surface area contributed by atoms with Gasteiger partial charge in [-0.1, -0.05) is 48.5 Å². The number of ether oxygens (including phenoxy) is 1. The number of hydrogen-bond donors (Lipinski definition) is 1. The molecular weight excluding hydrogens is 312 g/mol. The summed E-state index contributed by atoms with van der Waals surface area (Å²) in [5.41, 5.74) is 2.43. The van der Waals surface area contributed by atoms with E-state index in [4.69, 9.17) is 4.74 Å². The highest BCUT2D eigenvalue weighted by atomic mass is 16.5. The minimum atomic E-state index is -0.953. The van der Waals surface area contributed by atoms with Gasteiger partial charge in [-0.2, -0.15) is 0 Å². The highest BCUT2D eigenvalue weighted by Crippen LogP contribution is 2.34. The maximum atomic E-state index is 11.5. The molecular formula is C22H20O3. The van der Waals surface area contributed by atoms with Crippen LogP contribution in [0.3, 0.4) is 0 Å². The van der Waals surface area contributed by atoms with E-state index in [1.54, 1.807) is 6.07 Å². The molecule has 126 valence electrons. The summed E-state index contributed by atoms with van der Waals surface area (Å²) in [5.74, 6) is 0.256. The molecule has 3 aromatic carbocycles. The number of fused-ring (bicyclic) bond motifs is 1. The molecule has 0 aromatic heterocycles. The predicted octanol–water partition coefficient (Wildman–Crippen LogP) is 5.07. The third-order valence-corrected chi connectivity index (χ3v) is 4.76. The zero-order valence-electron chi connectivity index (χ0n) is 13.9. The molecule has 0 saturated heterocycles. The predicted molar refractivity (Wildman–Crippen MR) is 98.1 cm³/mol. The summed E-state index contributed by atoms with van der Waals surface area (Å²) in [6.45, 7) is 0.356. The number of hydrogen-bond acceptors (Lipinski definition) is 2. The average Bonchev–Trinajstić information content (AvgIpc) is 3.44. The molecule has 0 aliphatic heterocycles. The van der Waals surface area contributed by atoms with E-state index in [2.05, 4.69) is 18.2 Å². The van der Waals surface area contributed by atoms with Crippen LogP contribution < -0.4 is 4.74 Å². The third kappa shape index (κ3) is 3.50. The fraction of sp³-hybridized carbons (Fsp3) is 0.227. The average molecular weight is 332 g/mol. The summed E-state index contributed by atoms with van der Waals surface area (Å²) in [6, 6.07) is 19.7. The molecule has 0 unspecified atom stereocenters. The fourth-order valence-corrected chi connectivity index (χ4v) is 3.22. The quantitative estimate of drug-likeness (QED) is 0.685. The van der Waals surface area contributed by atoms with Gasteiger partial charge >= 0.3 is 5.97 Å². The number of carbonyl (C=O) groups is 1. The van der Waals surface area contributed by atoms with Crippen LogP contribution >= 0.6 is 0 Å². The number of carboxylic acids is 1. The maximum Gasteiger partial charge on any atom is 0.339 e. The number of aromatic carboxylic acids is 1. The van der Waals surface area contributed by atoms with Gasteiger partial charge in [0.2, 0.25) is 0 Å². The normalized spacial score (nSPS) is 13.8. The van der Waals surface area contributed by atoms with Crippen molar-refractivity contribution in [2.75, 3.05) is 0 Å². The molecule has 0 radical (unpaired) electrons. The zero-order valence-corrected chi connectivity index (χ0v) is 13.9. The lowest BCUT2D eigenvalue weighted by Gasteiger charge is -2.13. The Hall–Kier alpha value is -2.81. The van der Waals surface area contributed by atoms with Crippen molar-refractivity contribution in [2.24, 2.45) is 5.92 Å². The maximum absolute atomic E-state index is 11.5. The second kappa shape index (κ2) is 6.60. The summed E-state index contributed by atoms with van der Waals surface area (Å²) in [6.07, 6.45) is 3.55. The van der Waals surface area contributed by atoms with E-state index in [0.29, 0.717) is 12.4 Å². The van der Waals surface area contributed by atoms with Gasteiger partial charge in [-0.15, -0.1) is 0 Å². The summed E-state index contributed by atoms with van der Waals surface area (Å²) >= 11 is 0. The highest BCUT2D eigenvalue weighted by molar-refractivity contribution is 5.91. The van der Waals surface area contributed by atoms with E-state index < -0.39 is 5.97 Å². The topological polar surface area (TPSA) is 46.5 Å². The molecule has 3 aromatic rings. The Bertz CT molecular complexity index is 920. The molecule has 4 rings (SSSR count). The van der Waals surface area contributed by atoms with Gasteiger partial charge < -0.3 is 9.84 Å². The molecule has 0 amide bonds. The first-order chi connectivity index (χ1) is 12.2. The second-order valence-corrected chi connectivity index (χ2v) is 6.71. The van der Waals surface area contributed by atoms with E-state index in [0.717, 1.165) is 34.2 Å². The first-order valence-electron chi connectivity index (χ1n) is 8.66. The SMILES string of the molecule is O=C(O)c1ccc(CC2CC2)cc1OCc1cccc2ccccc12. The summed E-state index contributed by atoms with van der Waals surface area (Å²) < 4.78 is 5.95. The molecule has 0 spiro atoms. The zero-order chi connectivity index (χ0) is 17.2. The van der Waals surface area contributed by atoms with Crippen molar-refractivity contribution in [3.05, 3.63) is 77.4 Å². The minimum absolute atomic E-state index is 0.222. The lowest BCUT2D eigenvalue weighted by Crippen LogP contribution is -2.05. The molecule has 1 saturated carbocycles. The summed E-state index contributed by atoms with van der Waals surface area (Å²) in [5, 5.41) is 11.7. The fourth-order valence-electron chi connectivity index (χ4n) is 3.22. The molecule has 3 nitrogen and oxygen atoms in total. The van der Waals surface area contributed by atoms with Crippen molar-refractivity contribution < 1.29 is 14.6 Å². The monoisotopic (exact) mass is 332 g/mol. The van der Waals surface area contributed by atoms with E-state index in [9.17, 15) is 9.90 Å². The van der Waals surface area contributed by atoms with Crippen LogP contribution in [0.1, 0.15) is 34.3 Å². The van der Waals surface area contributed by atoms with Gasteiger partial charge in [0.15, 0.2) is 0 Å². The molecule has 0 bridgehead atoms. The molecule has 1 aliphatic carbocycles. The number of rotatable bonds is 6. The van der Waals surface area contributed by atoms with Crippen molar-refractivity contribution in [3.8, 4) is 5.75 Å². The van der Waals surface area contributed by atoms with E-state index >= 15 is 0 Å². The van der Waals surface area contributed by atoms with Gasteiger partial charge in [-0.3, -0.25) is 0 Å². The molecule has 3 heteroatoms. The summed E-state index contributed by atoms with van der Waals surface area (Å²) in [7, 11) is 0. The second-order valence-electron chi connectivity index (χ2n) is 6.71. The largest absolute Gasteiger partial charge is 0.488 e. The van der Waals surface area contributed by atoms with Gasteiger partial charge in [0.1, 0.15) is 17.9 Å². The molecule has 0 atom stereocenters. The molecule has 1 aliphatic rings. The minimum Gasteiger partial charge on any atom is -0.488 e. The smallest absolute Gasteiger partial charge is 0.339 e. The van der Waals surface area contributed by atoms with E-state index in [1.165, 1.54) is 12.8 Å². The Morgan fingerprint density at radius 1 is 1.04 bits per heavy atom. The van der Waals surface area contributed by atoms with Crippen LogP contribution in [0, 0.1) is 5.92 Å². The van der Waals surface area contributed by atoms with Crippen molar-refractivity contribution in [1.29, 1.82) is 0 Å². The van der Waals surface area contributed by atoms with Crippen molar-refractivity contribution >= 4 is 16.7 Å². The van der Waals surface area contributed by atoms with Crippen LogP contribution in [0.2, 0.25) is 0 Å². The number of benzene rings is 3. The lowest BCUT2D eigenvalue weighted by molar-refractivity contribution is 0.0692. The highest BCUT2D eigenvalue weighted by Gasteiger charge is 2.22. The number of carboxylic acid groups (broad SMARTS) is 1. The first kappa shape index (κ1) is 15.7. The van der Waals surface area contributed by atoms with Crippen LogP contribution in [0.15, 0.2) is 60.7 Å². The molecule has 1 N–H and O–H groups in total. The van der Waals surface area contributed by atoms with Crippen LogP contribution in [0.5, 0.6) is 5.75 Å². The molecule has 0 heterocycles. The van der Waals surface area contributed by atoms with E-state index in [-0.39, 0.29) is 5.56 Å². The standard InChI is InChI=1S/C22H20O3/c23-22(24)20-11-10-16(12-15-8-9-15)13-21(20)25-14-18-6-3-5-17-4-1-2-7-19(17)18/h1-7,10-11,13,15H,8-9,12,14H2,(H,23,24). The van der Waals surface area contributed by atoms with Gasteiger partial charge in [-0.05, 0) is 59.2 Å². The van der Waals surface area contributed by atoms with Crippen LogP contribution in [0.4, 0.5) is 0 Å². The Balaban J connectivity index is 1.61. The Labute approximate surface area is 146 Å². The molecule has 25 heavy (non-hydrogen) atoms. The summed E-state index contributed by atoms with van der Waals surface area (Å²) in [4.78, 5) is 11.5. The Kier molecular flexibility index (Phi) is 4.14. The van der Waals surface area contributed by atoms with Crippen molar-refractivity contribution in [1.82, 2.24) is 0 Å². The molecule has 1 fully saturated rings. The van der Waals surface area contributed by atoms with Crippen LogP contribution in [-0.4, -0.2) is 11.1 Å². The van der Waals surface area contributed by atoms with Crippen LogP contribution in [-0.2, 0) is 13.0 Å². The van der Waals surface area contributed by atoms with Crippen molar-refractivity contribution in [3.63, 3.8) is 0 Å². The van der Waals surface area contributed by atoms with Gasteiger partial charge in [0, 0.05) is 0 Å². The van der Waals surface area contributed by atoms with Crippen LogP contribution in [0.25, 0.3) is 10.8 Å². The lowest BCUT2D eigenvalue weighted by atomic mass is 10.0.